The van der Waals surface area contributed by atoms with Crippen molar-refractivity contribution in [3.05, 3.63) is 71.3 Å². The SMILES string of the molecule is CC(C)N(Cc1nnc(-c2ccccc2Cl)o1)C(=O)c1cnc2ccccc2n1. The molecule has 0 unspecified atom stereocenters. The van der Waals surface area contributed by atoms with Crippen LogP contribution in [0.5, 0.6) is 0 Å². The van der Waals surface area contributed by atoms with Crippen LogP contribution in [0.2, 0.25) is 5.02 Å². The van der Waals surface area contributed by atoms with Crippen molar-refractivity contribution >= 4 is 28.5 Å². The van der Waals surface area contributed by atoms with Crippen molar-refractivity contribution in [2.45, 2.75) is 26.4 Å². The fourth-order valence-corrected chi connectivity index (χ4v) is 3.12. The van der Waals surface area contributed by atoms with Crippen LogP contribution in [-0.4, -0.2) is 37.0 Å². The maximum Gasteiger partial charge on any atom is 0.274 e. The zero-order valence-electron chi connectivity index (χ0n) is 15.9. The van der Waals surface area contributed by atoms with Crippen LogP contribution in [0.3, 0.4) is 0 Å². The number of para-hydroxylation sites is 2. The van der Waals surface area contributed by atoms with Crippen LogP contribution in [0.25, 0.3) is 22.5 Å². The summed E-state index contributed by atoms with van der Waals surface area (Å²) >= 11 is 6.19. The van der Waals surface area contributed by atoms with Crippen LogP contribution in [0.4, 0.5) is 0 Å². The van der Waals surface area contributed by atoms with Crippen LogP contribution in [0.15, 0.2) is 59.1 Å². The van der Waals surface area contributed by atoms with Gasteiger partial charge < -0.3 is 9.32 Å². The second kappa shape index (κ2) is 7.97. The second-order valence-corrected chi connectivity index (χ2v) is 7.16. The maximum absolute atomic E-state index is 13.1. The Morgan fingerprint density at radius 3 is 2.55 bits per heavy atom. The average molecular weight is 408 g/mol. The summed E-state index contributed by atoms with van der Waals surface area (Å²) in [6.07, 6.45) is 1.49. The van der Waals surface area contributed by atoms with Crippen molar-refractivity contribution in [3.8, 4) is 11.5 Å². The molecule has 0 fully saturated rings. The van der Waals surface area contributed by atoms with Gasteiger partial charge in [-0.1, -0.05) is 35.9 Å². The first-order chi connectivity index (χ1) is 14.0. The molecule has 0 N–H and O–H groups in total. The van der Waals surface area contributed by atoms with Gasteiger partial charge in [0, 0.05) is 6.04 Å². The number of benzene rings is 2. The Kier molecular flexibility index (Phi) is 5.22. The predicted molar refractivity (Wildman–Crippen MR) is 109 cm³/mol. The van der Waals surface area contributed by atoms with E-state index < -0.39 is 0 Å². The molecule has 4 rings (SSSR count). The van der Waals surface area contributed by atoms with Crippen molar-refractivity contribution in [1.29, 1.82) is 0 Å². The highest BCUT2D eigenvalue weighted by atomic mass is 35.5. The molecule has 2 aromatic carbocycles. The van der Waals surface area contributed by atoms with Gasteiger partial charge in [-0.25, -0.2) is 4.98 Å². The smallest absolute Gasteiger partial charge is 0.274 e. The molecule has 0 aliphatic heterocycles. The molecule has 0 radical (unpaired) electrons. The summed E-state index contributed by atoms with van der Waals surface area (Å²) < 4.78 is 5.75. The molecule has 8 heteroatoms. The average Bonchev–Trinajstić information content (AvgIpc) is 3.20. The number of nitrogens with zero attached hydrogens (tertiary/aromatic N) is 5. The summed E-state index contributed by atoms with van der Waals surface area (Å²) in [4.78, 5) is 23.5. The molecule has 4 aromatic rings. The third-order valence-electron chi connectivity index (χ3n) is 4.43. The summed E-state index contributed by atoms with van der Waals surface area (Å²) in [5.41, 5.74) is 2.32. The van der Waals surface area contributed by atoms with E-state index in [-0.39, 0.29) is 24.2 Å². The van der Waals surface area contributed by atoms with E-state index in [9.17, 15) is 4.79 Å². The van der Waals surface area contributed by atoms with Crippen molar-refractivity contribution in [3.63, 3.8) is 0 Å². The quantitative estimate of drug-likeness (QED) is 0.488. The maximum atomic E-state index is 13.1. The minimum atomic E-state index is -0.254. The van der Waals surface area contributed by atoms with Gasteiger partial charge in [-0.2, -0.15) is 0 Å². The van der Waals surface area contributed by atoms with Crippen molar-refractivity contribution < 1.29 is 9.21 Å². The van der Waals surface area contributed by atoms with Gasteiger partial charge in [0.2, 0.25) is 11.8 Å². The Morgan fingerprint density at radius 2 is 1.79 bits per heavy atom. The zero-order valence-corrected chi connectivity index (χ0v) is 16.7. The molecule has 2 heterocycles. The van der Waals surface area contributed by atoms with E-state index >= 15 is 0 Å². The van der Waals surface area contributed by atoms with Crippen LogP contribution >= 0.6 is 11.6 Å². The first-order valence-electron chi connectivity index (χ1n) is 9.13. The third-order valence-corrected chi connectivity index (χ3v) is 4.76. The lowest BCUT2D eigenvalue weighted by atomic mass is 10.2. The summed E-state index contributed by atoms with van der Waals surface area (Å²) in [5.74, 6) is 0.374. The lowest BCUT2D eigenvalue weighted by Crippen LogP contribution is -2.37. The van der Waals surface area contributed by atoms with Gasteiger partial charge in [-0.3, -0.25) is 9.78 Å². The number of amides is 1. The highest BCUT2D eigenvalue weighted by Gasteiger charge is 2.24. The van der Waals surface area contributed by atoms with Crippen molar-refractivity contribution in [1.82, 2.24) is 25.1 Å². The fraction of sp³-hybridized carbons (Fsp3) is 0.190. The Labute approximate surface area is 172 Å². The van der Waals surface area contributed by atoms with Gasteiger partial charge in [0.05, 0.1) is 34.4 Å². The third kappa shape index (κ3) is 3.95. The summed E-state index contributed by atoms with van der Waals surface area (Å²) in [5, 5.41) is 8.66. The van der Waals surface area contributed by atoms with Crippen LogP contribution < -0.4 is 0 Å². The number of aromatic nitrogens is 4. The summed E-state index contributed by atoms with van der Waals surface area (Å²) in [6.45, 7) is 3.98. The van der Waals surface area contributed by atoms with E-state index in [4.69, 9.17) is 16.0 Å². The molecule has 0 saturated heterocycles. The summed E-state index contributed by atoms with van der Waals surface area (Å²) in [6, 6.07) is 14.5. The molecule has 0 saturated carbocycles. The van der Waals surface area contributed by atoms with Gasteiger partial charge >= 0.3 is 0 Å². The molecule has 0 aliphatic rings. The van der Waals surface area contributed by atoms with E-state index in [1.165, 1.54) is 6.20 Å². The first-order valence-corrected chi connectivity index (χ1v) is 9.51. The number of rotatable bonds is 5. The van der Waals surface area contributed by atoms with Gasteiger partial charge in [-0.15, -0.1) is 10.2 Å². The van der Waals surface area contributed by atoms with Gasteiger partial charge in [0.15, 0.2) is 0 Å². The zero-order chi connectivity index (χ0) is 20.4. The largest absolute Gasteiger partial charge is 0.419 e. The molecule has 0 atom stereocenters. The molecule has 0 aliphatic carbocycles. The molecular formula is C21H18ClN5O2. The number of hydrogen-bond donors (Lipinski definition) is 0. The van der Waals surface area contributed by atoms with Gasteiger partial charge in [0.1, 0.15) is 5.69 Å². The highest BCUT2D eigenvalue weighted by Crippen LogP contribution is 2.26. The topological polar surface area (TPSA) is 85.0 Å². The number of fused-ring (bicyclic) bond motifs is 1. The van der Waals surface area contributed by atoms with E-state index in [0.29, 0.717) is 27.9 Å². The van der Waals surface area contributed by atoms with E-state index in [2.05, 4.69) is 20.2 Å². The van der Waals surface area contributed by atoms with Crippen LogP contribution in [0.1, 0.15) is 30.2 Å². The fourth-order valence-electron chi connectivity index (χ4n) is 2.90. The Hall–Kier alpha value is -3.32. The Balaban J connectivity index is 1.59. The highest BCUT2D eigenvalue weighted by molar-refractivity contribution is 6.33. The minimum Gasteiger partial charge on any atom is -0.419 e. The molecule has 7 nitrogen and oxygen atoms in total. The molecule has 146 valence electrons. The van der Waals surface area contributed by atoms with Crippen LogP contribution in [-0.2, 0) is 6.54 Å². The molecule has 0 bridgehead atoms. The monoisotopic (exact) mass is 407 g/mol. The van der Waals surface area contributed by atoms with Gasteiger partial charge in [0.25, 0.3) is 5.91 Å². The number of hydrogen-bond acceptors (Lipinski definition) is 6. The molecule has 29 heavy (non-hydrogen) atoms. The Bertz CT molecular complexity index is 1170. The van der Waals surface area contributed by atoms with Crippen LogP contribution in [0, 0.1) is 0 Å². The minimum absolute atomic E-state index is 0.105. The van der Waals surface area contributed by atoms with Crippen molar-refractivity contribution in [2.24, 2.45) is 0 Å². The number of carbonyl (C=O) groups excluding carboxylic acids is 1. The van der Waals surface area contributed by atoms with E-state index in [1.54, 1.807) is 17.0 Å². The normalized spacial score (nSPS) is 11.2. The second-order valence-electron chi connectivity index (χ2n) is 6.75. The van der Waals surface area contributed by atoms with Crippen molar-refractivity contribution in [2.75, 3.05) is 0 Å². The molecule has 2 aromatic heterocycles. The van der Waals surface area contributed by atoms with E-state index in [1.807, 2.05) is 50.2 Å². The molecular weight excluding hydrogens is 390 g/mol. The Morgan fingerprint density at radius 1 is 1.07 bits per heavy atom. The van der Waals surface area contributed by atoms with Gasteiger partial charge in [-0.05, 0) is 38.1 Å². The number of halogens is 1. The predicted octanol–water partition coefficient (Wildman–Crippen LogP) is 4.38. The molecule has 1 amide bonds. The summed E-state index contributed by atoms with van der Waals surface area (Å²) in [7, 11) is 0. The molecule has 0 spiro atoms. The standard InChI is InChI=1S/C21H18ClN5O2/c1-13(2)27(21(28)18-11-23-16-9-5-6-10-17(16)24-18)12-19-25-26-20(29-19)14-7-3-4-8-15(14)22/h3-11,13H,12H2,1-2H3. The van der Waals surface area contributed by atoms with E-state index in [0.717, 1.165) is 5.52 Å². The lowest BCUT2D eigenvalue weighted by molar-refractivity contribution is 0.0666. The number of carbonyl (C=O) groups is 1. The lowest BCUT2D eigenvalue weighted by Gasteiger charge is -2.24. The first kappa shape index (κ1) is 19.0.